The summed E-state index contributed by atoms with van der Waals surface area (Å²) in [5.74, 6) is 0.199. The van der Waals surface area contributed by atoms with Gasteiger partial charge in [0.2, 0.25) is 0 Å². The third-order valence-electron chi connectivity index (χ3n) is 10.0. The van der Waals surface area contributed by atoms with E-state index in [0.717, 1.165) is 44.9 Å². The molecule has 8 rings (SSSR count). The molecular formula is C49H43N2OPtS-. The van der Waals surface area contributed by atoms with Gasteiger partial charge in [0.25, 0.3) is 0 Å². The number of phenols is 1. The number of benzene rings is 5. The third kappa shape index (κ3) is 7.30. The van der Waals surface area contributed by atoms with Gasteiger partial charge in [0.05, 0.1) is 5.69 Å². The maximum absolute atomic E-state index is 11.0. The smallest absolute Gasteiger partial charge is 0.124 e. The van der Waals surface area contributed by atoms with Crippen LogP contribution in [0.15, 0.2) is 127 Å². The molecule has 0 aliphatic carbocycles. The number of hydrogen-bond donors (Lipinski definition) is 1. The number of fused-ring (bicyclic) bond motifs is 3. The van der Waals surface area contributed by atoms with Gasteiger partial charge in [0.15, 0.2) is 0 Å². The van der Waals surface area contributed by atoms with Crippen molar-refractivity contribution in [1.29, 1.82) is 0 Å². The Kier molecular flexibility index (Phi) is 9.98. The number of pyridine rings is 2. The zero-order valence-corrected chi connectivity index (χ0v) is 34.8. The van der Waals surface area contributed by atoms with Gasteiger partial charge in [-0.1, -0.05) is 132 Å². The molecule has 0 spiro atoms. The van der Waals surface area contributed by atoms with E-state index in [1.165, 1.54) is 36.9 Å². The van der Waals surface area contributed by atoms with Crippen molar-refractivity contribution in [3.63, 3.8) is 0 Å². The number of para-hydroxylation sites is 1. The molecule has 3 aromatic heterocycles. The van der Waals surface area contributed by atoms with Crippen molar-refractivity contribution in [2.24, 2.45) is 0 Å². The van der Waals surface area contributed by atoms with Crippen LogP contribution in [0.4, 0.5) is 0 Å². The molecule has 0 bridgehead atoms. The Labute approximate surface area is 337 Å². The summed E-state index contributed by atoms with van der Waals surface area (Å²) in [5, 5.41) is 13.5. The maximum Gasteiger partial charge on any atom is 0.124 e. The van der Waals surface area contributed by atoms with Crippen LogP contribution in [0.1, 0.15) is 58.4 Å². The molecule has 0 atom stereocenters. The molecule has 3 nitrogen and oxygen atoms in total. The first-order chi connectivity index (χ1) is 25.3. The Morgan fingerprint density at radius 1 is 0.537 bits per heavy atom. The van der Waals surface area contributed by atoms with Crippen LogP contribution >= 0.6 is 11.3 Å². The summed E-state index contributed by atoms with van der Waals surface area (Å²) >= 11 is 1.84. The van der Waals surface area contributed by atoms with E-state index in [1.807, 2.05) is 29.5 Å². The van der Waals surface area contributed by atoms with Crippen molar-refractivity contribution >= 4 is 31.5 Å². The van der Waals surface area contributed by atoms with Gasteiger partial charge in [-0.3, -0.25) is 9.97 Å². The number of aromatic hydroxyl groups is 1. The number of nitrogens with zero attached hydrogens (tertiary/aromatic N) is 2. The standard InChI is InChI=1S/C49H43N2OS.Pt/c1-30-22-35(38-18-13-19-40-39-16-9-11-21-46(39)53-47(38)40)28-42(50-30)31-14-12-15-32(23-31)43-26-34(27-44(51-43)41-17-8-10-20-45(41)52)33-24-36(48(2,3)4)29-37(25-33)49(5,6)7;/h8-22,24-29,52H,1-7H3;/q-1;. The van der Waals surface area contributed by atoms with Crippen molar-refractivity contribution in [2.75, 3.05) is 0 Å². The molecule has 8 aromatic rings. The first-order valence-corrected chi connectivity index (χ1v) is 19.0. The van der Waals surface area contributed by atoms with E-state index in [1.54, 1.807) is 6.07 Å². The minimum absolute atomic E-state index is 0. The molecule has 0 aliphatic rings. The molecule has 0 amide bonds. The second kappa shape index (κ2) is 14.4. The predicted molar refractivity (Wildman–Crippen MR) is 225 cm³/mol. The van der Waals surface area contributed by atoms with Crippen molar-refractivity contribution in [1.82, 2.24) is 9.97 Å². The van der Waals surface area contributed by atoms with Crippen molar-refractivity contribution in [2.45, 2.75) is 59.3 Å². The number of hydrogen-bond acceptors (Lipinski definition) is 4. The summed E-state index contributed by atoms with van der Waals surface area (Å²) in [6.07, 6.45) is 0. The summed E-state index contributed by atoms with van der Waals surface area (Å²) in [5.41, 5.74) is 12.8. The summed E-state index contributed by atoms with van der Waals surface area (Å²) < 4.78 is 2.57. The third-order valence-corrected chi connectivity index (χ3v) is 11.2. The van der Waals surface area contributed by atoms with Crippen LogP contribution in [-0.4, -0.2) is 15.1 Å². The summed E-state index contributed by atoms with van der Waals surface area (Å²) in [6.45, 7) is 15.6. The minimum atomic E-state index is -0.0311. The van der Waals surface area contributed by atoms with E-state index in [4.69, 9.17) is 9.97 Å². The van der Waals surface area contributed by atoms with Gasteiger partial charge in [0.1, 0.15) is 5.75 Å². The summed E-state index contributed by atoms with van der Waals surface area (Å²) in [4.78, 5) is 10.2. The topological polar surface area (TPSA) is 46.0 Å². The van der Waals surface area contributed by atoms with Crippen molar-refractivity contribution < 1.29 is 26.2 Å². The first kappa shape index (κ1) is 37.4. The average Bonchev–Trinajstić information content (AvgIpc) is 3.53. The van der Waals surface area contributed by atoms with Gasteiger partial charge in [-0.05, 0) is 81.5 Å². The van der Waals surface area contributed by atoms with Gasteiger partial charge in [-0.15, -0.1) is 35.6 Å². The van der Waals surface area contributed by atoms with Crippen molar-refractivity contribution in [3.8, 4) is 61.8 Å². The fourth-order valence-electron chi connectivity index (χ4n) is 7.03. The van der Waals surface area contributed by atoms with Crippen molar-refractivity contribution in [3.05, 3.63) is 150 Å². The molecule has 1 N–H and O–H groups in total. The van der Waals surface area contributed by atoms with E-state index in [2.05, 4.69) is 158 Å². The SMILES string of the molecule is Cc1cc(-c2cccc3c2sc2ccccc23)cc(-c2[c-]c(-c3cc(-c4cc(C(C)(C)C)cc(C(C)(C)C)c4)cc(-c4ccccc4O)n3)ccc2)n1.[Pt]. The van der Waals surface area contributed by atoms with Gasteiger partial charge < -0.3 is 5.11 Å². The van der Waals surface area contributed by atoms with Crippen LogP contribution in [0.2, 0.25) is 0 Å². The Morgan fingerprint density at radius 3 is 1.80 bits per heavy atom. The molecule has 0 aliphatic heterocycles. The second-order valence-corrected chi connectivity index (χ2v) is 17.1. The van der Waals surface area contributed by atoms with E-state index in [-0.39, 0.29) is 37.6 Å². The molecule has 0 unspecified atom stereocenters. The number of aryl methyl sites for hydroxylation is 1. The van der Waals surface area contributed by atoms with Crippen LogP contribution in [0.3, 0.4) is 0 Å². The van der Waals surface area contributed by atoms with E-state index >= 15 is 0 Å². The molecule has 54 heavy (non-hydrogen) atoms. The van der Waals surface area contributed by atoms with Crippen LogP contribution < -0.4 is 0 Å². The van der Waals surface area contributed by atoms with E-state index < -0.39 is 0 Å². The Morgan fingerprint density at radius 2 is 1.09 bits per heavy atom. The predicted octanol–water partition coefficient (Wildman–Crippen LogP) is 13.6. The minimum Gasteiger partial charge on any atom is -0.507 e. The van der Waals surface area contributed by atoms with Gasteiger partial charge in [-0.2, -0.15) is 0 Å². The fraction of sp³-hybridized carbons (Fsp3) is 0.184. The zero-order chi connectivity index (χ0) is 37.1. The second-order valence-electron chi connectivity index (χ2n) is 16.1. The molecule has 0 saturated heterocycles. The van der Waals surface area contributed by atoms with Crippen LogP contribution in [0, 0.1) is 13.0 Å². The fourth-order valence-corrected chi connectivity index (χ4v) is 8.27. The number of aromatic nitrogens is 2. The molecule has 5 aromatic carbocycles. The van der Waals surface area contributed by atoms with E-state index in [9.17, 15) is 5.11 Å². The summed E-state index contributed by atoms with van der Waals surface area (Å²) in [7, 11) is 0. The molecule has 0 radical (unpaired) electrons. The average molecular weight is 903 g/mol. The summed E-state index contributed by atoms with van der Waals surface area (Å²) in [6, 6.07) is 48.1. The Bertz CT molecular complexity index is 2650. The number of rotatable bonds is 5. The normalized spacial score (nSPS) is 11.9. The molecular weight excluding hydrogens is 860 g/mol. The molecule has 272 valence electrons. The van der Waals surface area contributed by atoms with Gasteiger partial charge in [-0.25, -0.2) is 0 Å². The molecule has 3 heterocycles. The van der Waals surface area contributed by atoms with Gasteiger partial charge >= 0.3 is 0 Å². The van der Waals surface area contributed by atoms with Crippen LogP contribution in [0.5, 0.6) is 5.75 Å². The number of phenolic OH excluding ortho intramolecular Hbond substituents is 1. The number of thiophene rings is 1. The Hall–Kier alpha value is -4.89. The van der Waals surface area contributed by atoms with Crippen LogP contribution in [-0.2, 0) is 31.9 Å². The van der Waals surface area contributed by atoms with E-state index in [0.29, 0.717) is 11.3 Å². The zero-order valence-electron chi connectivity index (χ0n) is 31.7. The first-order valence-electron chi connectivity index (χ1n) is 18.2. The molecule has 5 heteroatoms. The quantitative estimate of drug-likeness (QED) is 0.175. The van der Waals surface area contributed by atoms with Gasteiger partial charge in [0, 0.05) is 63.9 Å². The largest absolute Gasteiger partial charge is 0.507 e. The monoisotopic (exact) mass is 902 g/mol. The molecule has 0 fully saturated rings. The maximum atomic E-state index is 11.0. The van der Waals surface area contributed by atoms with Crippen LogP contribution in [0.25, 0.3) is 76.2 Å². The molecule has 0 saturated carbocycles. The Balaban J connectivity index is 0.00000450.